The third-order valence-electron chi connectivity index (χ3n) is 5.44. The summed E-state index contributed by atoms with van der Waals surface area (Å²) in [6.07, 6.45) is 1.14. The molecule has 1 aromatic rings. The average molecular weight is 520 g/mol. The van der Waals surface area contributed by atoms with E-state index in [1.54, 1.807) is 18.7 Å². The molecular weight excluding hydrogens is 490 g/mol. The van der Waals surface area contributed by atoms with Gasteiger partial charge in [0.15, 0.2) is 0 Å². The summed E-state index contributed by atoms with van der Waals surface area (Å²) >= 11 is 8.34. The van der Waals surface area contributed by atoms with Crippen molar-refractivity contribution in [2.75, 3.05) is 18.1 Å². The van der Waals surface area contributed by atoms with Gasteiger partial charge in [0.2, 0.25) is 5.91 Å². The molecule has 0 N–H and O–H groups in total. The molecule has 2 aliphatic heterocycles. The number of rotatable bonds is 6. The number of carbonyl (C=O) groups excluding carboxylic acids is 3. The minimum Gasteiger partial charge on any atom is -0.462 e. The van der Waals surface area contributed by atoms with Crippen molar-refractivity contribution in [3.63, 3.8) is 0 Å². The first-order valence-electron chi connectivity index (χ1n) is 11.3. The number of thiocarbonyl (C=S) groups is 1. The zero-order valence-corrected chi connectivity index (χ0v) is 22.7. The van der Waals surface area contributed by atoms with Gasteiger partial charge in [0, 0.05) is 17.6 Å². The first kappa shape index (κ1) is 26.5. The zero-order chi connectivity index (χ0) is 25.2. The molecule has 0 aromatic heterocycles. The SMILES string of the molecule is CCCC(=O)N1c2ccc(C)cc2C(=C2SC(C(=O)OCC)=C(C(=O)OCC)S2)C(=S)C1(C)C. The lowest BCUT2D eigenvalue weighted by Crippen LogP contribution is -2.55. The number of nitrogens with zero attached hydrogens (tertiary/aromatic N) is 1. The van der Waals surface area contributed by atoms with Gasteiger partial charge in [-0.1, -0.05) is 54.3 Å². The standard InChI is InChI=1S/C25H29NO5S3/c1-7-10-17(27)26-16-12-11-14(4)13-15(16)18(21(32)25(26,5)6)24-33-19(22(28)30-8-2)20(34-24)23(29)31-9-3/h11-13H,7-10H2,1-6H3. The van der Waals surface area contributed by atoms with Crippen molar-refractivity contribution in [3.05, 3.63) is 43.4 Å². The van der Waals surface area contributed by atoms with E-state index in [0.717, 1.165) is 28.8 Å². The van der Waals surface area contributed by atoms with Crippen LogP contribution in [0.3, 0.4) is 0 Å². The number of benzene rings is 1. The molecule has 34 heavy (non-hydrogen) atoms. The predicted octanol–water partition coefficient (Wildman–Crippen LogP) is 5.78. The maximum atomic E-state index is 13.2. The molecule has 0 aliphatic carbocycles. The Balaban J connectivity index is 2.21. The highest BCUT2D eigenvalue weighted by atomic mass is 32.2. The van der Waals surface area contributed by atoms with Crippen molar-refractivity contribution >= 4 is 69.7 Å². The topological polar surface area (TPSA) is 72.9 Å². The highest BCUT2D eigenvalue weighted by molar-refractivity contribution is 8.29. The summed E-state index contributed by atoms with van der Waals surface area (Å²) < 4.78 is 11.1. The predicted molar refractivity (Wildman–Crippen MR) is 143 cm³/mol. The first-order chi connectivity index (χ1) is 16.1. The Kier molecular flexibility index (Phi) is 8.31. The average Bonchev–Trinajstić information content (AvgIpc) is 3.20. The molecule has 182 valence electrons. The number of aryl methyl sites for hydroxylation is 1. The molecule has 2 heterocycles. The van der Waals surface area contributed by atoms with E-state index in [-0.39, 0.29) is 28.9 Å². The van der Waals surface area contributed by atoms with E-state index in [0.29, 0.717) is 15.5 Å². The lowest BCUT2D eigenvalue weighted by Gasteiger charge is -2.45. The molecule has 9 heteroatoms. The molecule has 0 radical (unpaired) electrons. The van der Waals surface area contributed by atoms with Crippen molar-refractivity contribution in [2.45, 2.75) is 59.9 Å². The van der Waals surface area contributed by atoms with E-state index in [2.05, 4.69) is 0 Å². The summed E-state index contributed by atoms with van der Waals surface area (Å²) in [7, 11) is 0. The van der Waals surface area contributed by atoms with Crippen LogP contribution in [0.4, 0.5) is 5.69 Å². The molecule has 0 atom stereocenters. The highest BCUT2D eigenvalue weighted by Crippen LogP contribution is 2.56. The minimum absolute atomic E-state index is 0.00767. The van der Waals surface area contributed by atoms with Gasteiger partial charge in [-0.3, -0.25) is 4.79 Å². The summed E-state index contributed by atoms with van der Waals surface area (Å²) in [6, 6.07) is 5.91. The Morgan fingerprint density at radius 3 is 2.06 bits per heavy atom. The Morgan fingerprint density at radius 1 is 1.00 bits per heavy atom. The summed E-state index contributed by atoms with van der Waals surface area (Å²) in [6.45, 7) is 11.6. The van der Waals surface area contributed by atoms with Gasteiger partial charge < -0.3 is 14.4 Å². The van der Waals surface area contributed by atoms with E-state index >= 15 is 0 Å². The summed E-state index contributed by atoms with van der Waals surface area (Å²) in [5, 5.41) is 0. The molecule has 0 saturated carbocycles. The quantitative estimate of drug-likeness (QED) is 0.266. The number of hydrogen-bond donors (Lipinski definition) is 0. The lowest BCUT2D eigenvalue weighted by atomic mass is 9.82. The van der Waals surface area contributed by atoms with Gasteiger partial charge in [0.1, 0.15) is 9.81 Å². The fraction of sp³-hybridized carbons (Fsp3) is 0.440. The summed E-state index contributed by atoms with van der Waals surface area (Å²) in [5.41, 5.74) is 2.59. The lowest BCUT2D eigenvalue weighted by molar-refractivity contribution is -0.140. The third kappa shape index (κ3) is 4.83. The second-order valence-electron chi connectivity index (χ2n) is 8.35. The number of amides is 1. The van der Waals surface area contributed by atoms with Crippen LogP contribution in [0.15, 0.2) is 32.2 Å². The van der Waals surface area contributed by atoms with E-state index in [1.807, 2.05) is 45.9 Å². The Bertz CT molecular complexity index is 1090. The molecule has 6 nitrogen and oxygen atoms in total. The van der Waals surface area contributed by atoms with Gasteiger partial charge in [0.25, 0.3) is 0 Å². The van der Waals surface area contributed by atoms with Crippen LogP contribution in [0, 0.1) is 6.92 Å². The van der Waals surface area contributed by atoms with Crippen LogP contribution in [-0.4, -0.2) is 41.5 Å². The Hall–Kier alpha value is -2.10. The Labute approximate surface area is 214 Å². The van der Waals surface area contributed by atoms with Crippen LogP contribution in [0.25, 0.3) is 5.57 Å². The Morgan fingerprint density at radius 2 is 1.56 bits per heavy atom. The van der Waals surface area contributed by atoms with E-state index in [1.165, 1.54) is 23.5 Å². The normalized spacial score (nSPS) is 17.1. The van der Waals surface area contributed by atoms with Crippen LogP contribution in [0.1, 0.15) is 58.6 Å². The van der Waals surface area contributed by atoms with Crippen LogP contribution in [0.5, 0.6) is 0 Å². The van der Waals surface area contributed by atoms with Crippen molar-refractivity contribution < 1.29 is 23.9 Å². The number of ether oxygens (including phenoxy) is 2. The largest absolute Gasteiger partial charge is 0.462 e. The minimum atomic E-state index is -0.774. The molecule has 1 amide bonds. The third-order valence-corrected chi connectivity index (χ3v) is 8.70. The number of carbonyl (C=O) groups is 3. The van der Waals surface area contributed by atoms with Gasteiger partial charge in [-0.05, 0) is 53.2 Å². The highest BCUT2D eigenvalue weighted by Gasteiger charge is 2.45. The second kappa shape index (κ2) is 10.7. The fourth-order valence-corrected chi connectivity index (χ4v) is 6.90. The molecule has 2 aliphatic rings. The number of fused-ring (bicyclic) bond motifs is 1. The van der Waals surface area contributed by atoms with Crippen LogP contribution >= 0.6 is 35.7 Å². The van der Waals surface area contributed by atoms with Gasteiger partial charge >= 0.3 is 11.9 Å². The molecule has 0 spiro atoms. The fourth-order valence-electron chi connectivity index (χ4n) is 3.91. The van der Waals surface area contributed by atoms with Crippen molar-refractivity contribution in [1.82, 2.24) is 0 Å². The van der Waals surface area contributed by atoms with E-state index in [9.17, 15) is 14.4 Å². The van der Waals surface area contributed by atoms with Crippen molar-refractivity contribution in [2.24, 2.45) is 0 Å². The van der Waals surface area contributed by atoms with Crippen molar-refractivity contribution in [1.29, 1.82) is 0 Å². The van der Waals surface area contributed by atoms with E-state index < -0.39 is 17.5 Å². The monoisotopic (exact) mass is 519 g/mol. The number of thioether (sulfide) groups is 2. The van der Waals surface area contributed by atoms with Gasteiger partial charge in [0.05, 0.1) is 33.5 Å². The van der Waals surface area contributed by atoms with Crippen molar-refractivity contribution in [3.8, 4) is 0 Å². The van der Waals surface area contributed by atoms with Crippen LogP contribution in [-0.2, 0) is 23.9 Å². The summed E-state index contributed by atoms with van der Waals surface area (Å²) in [5.74, 6) is -1.12. The molecular formula is C25H29NO5S3. The smallest absolute Gasteiger partial charge is 0.346 e. The van der Waals surface area contributed by atoms with Crippen LogP contribution < -0.4 is 4.90 Å². The zero-order valence-electron chi connectivity index (χ0n) is 20.3. The number of hydrogen-bond acceptors (Lipinski definition) is 8. The van der Waals surface area contributed by atoms with E-state index in [4.69, 9.17) is 21.7 Å². The second-order valence-corrected chi connectivity index (χ2v) is 11.1. The van der Waals surface area contributed by atoms with Crippen LogP contribution in [0.2, 0.25) is 0 Å². The summed E-state index contributed by atoms with van der Waals surface area (Å²) in [4.78, 5) is 41.3. The van der Waals surface area contributed by atoms with Gasteiger partial charge in [-0.25, -0.2) is 9.59 Å². The first-order valence-corrected chi connectivity index (χ1v) is 13.3. The van der Waals surface area contributed by atoms with Gasteiger partial charge in [-0.2, -0.15) is 0 Å². The van der Waals surface area contributed by atoms with Gasteiger partial charge in [-0.15, -0.1) is 0 Å². The molecule has 0 unspecified atom stereocenters. The molecule has 0 fully saturated rings. The number of anilines is 1. The maximum absolute atomic E-state index is 13.2. The molecule has 1 aromatic carbocycles. The maximum Gasteiger partial charge on any atom is 0.346 e. The molecule has 0 saturated heterocycles. The molecule has 3 rings (SSSR count). The molecule has 0 bridgehead atoms. The number of esters is 2.